The van der Waals surface area contributed by atoms with Crippen LogP contribution in [0.2, 0.25) is 0 Å². The van der Waals surface area contributed by atoms with Crippen LogP contribution in [0.25, 0.3) is 0 Å². The molecule has 2 aromatic rings. The zero-order valence-electron chi connectivity index (χ0n) is 13.2. The minimum atomic E-state index is 0.353. The molecule has 1 heterocycles. The Balaban J connectivity index is 1.55. The van der Waals surface area contributed by atoms with E-state index < -0.39 is 0 Å². The molecule has 22 heavy (non-hydrogen) atoms. The van der Waals surface area contributed by atoms with Crippen molar-refractivity contribution in [2.45, 2.75) is 19.5 Å². The third-order valence-corrected chi connectivity index (χ3v) is 4.56. The summed E-state index contributed by atoms with van der Waals surface area (Å²) >= 11 is 0. The Morgan fingerprint density at radius 1 is 0.955 bits per heavy atom. The first-order chi connectivity index (χ1) is 10.7. The second-order valence-electron chi connectivity index (χ2n) is 6.07. The van der Waals surface area contributed by atoms with Crippen molar-refractivity contribution in [3.63, 3.8) is 0 Å². The van der Waals surface area contributed by atoms with Gasteiger partial charge < -0.3 is 5.11 Å². The van der Waals surface area contributed by atoms with Crippen LogP contribution < -0.4 is 0 Å². The number of phenols is 1. The van der Waals surface area contributed by atoms with Gasteiger partial charge in [0.2, 0.25) is 0 Å². The Morgan fingerprint density at radius 3 is 2.36 bits per heavy atom. The highest BCUT2D eigenvalue weighted by molar-refractivity contribution is 5.29. The van der Waals surface area contributed by atoms with Gasteiger partial charge in [0.05, 0.1) is 0 Å². The van der Waals surface area contributed by atoms with Gasteiger partial charge in [0, 0.05) is 38.8 Å². The van der Waals surface area contributed by atoms with Gasteiger partial charge in [0.1, 0.15) is 5.75 Å². The number of phenolic OH excluding ortho intramolecular Hbond substituents is 1. The Kier molecular flexibility index (Phi) is 4.76. The topological polar surface area (TPSA) is 26.7 Å². The van der Waals surface area contributed by atoms with Crippen LogP contribution in [-0.2, 0) is 6.54 Å². The van der Waals surface area contributed by atoms with Crippen molar-refractivity contribution >= 4 is 0 Å². The molecule has 1 fully saturated rings. The maximum absolute atomic E-state index is 9.64. The van der Waals surface area contributed by atoms with E-state index in [-0.39, 0.29) is 0 Å². The number of nitrogens with zero attached hydrogens (tertiary/aromatic N) is 2. The van der Waals surface area contributed by atoms with Crippen LogP contribution in [0.1, 0.15) is 24.1 Å². The zero-order chi connectivity index (χ0) is 15.4. The summed E-state index contributed by atoms with van der Waals surface area (Å²) in [6.07, 6.45) is 0. The lowest BCUT2D eigenvalue weighted by atomic mass is 10.1. The quantitative estimate of drug-likeness (QED) is 0.938. The van der Waals surface area contributed by atoms with Gasteiger partial charge in [-0.25, -0.2) is 0 Å². The lowest BCUT2D eigenvalue weighted by molar-refractivity contribution is 0.0978. The lowest BCUT2D eigenvalue weighted by Crippen LogP contribution is -2.46. The van der Waals surface area contributed by atoms with Gasteiger partial charge in [-0.1, -0.05) is 42.5 Å². The van der Waals surface area contributed by atoms with E-state index in [1.807, 2.05) is 12.1 Å². The van der Waals surface area contributed by atoms with E-state index in [4.69, 9.17) is 0 Å². The minimum absolute atomic E-state index is 0.353. The third-order valence-electron chi connectivity index (χ3n) is 4.56. The lowest BCUT2D eigenvalue weighted by Gasteiger charge is -2.38. The molecule has 1 atom stereocenters. The second kappa shape index (κ2) is 6.95. The highest BCUT2D eigenvalue weighted by Crippen LogP contribution is 2.24. The Hall–Kier alpha value is -1.84. The molecular formula is C19H24N2O. The van der Waals surface area contributed by atoms with Gasteiger partial charge in [-0.2, -0.15) is 0 Å². The summed E-state index contributed by atoms with van der Waals surface area (Å²) in [7, 11) is 0. The molecule has 3 rings (SSSR count). The van der Waals surface area contributed by atoms with Gasteiger partial charge in [-0.3, -0.25) is 9.80 Å². The molecule has 1 N–H and O–H groups in total. The maximum Gasteiger partial charge on any atom is 0.115 e. The van der Waals surface area contributed by atoms with Crippen LogP contribution in [-0.4, -0.2) is 41.1 Å². The molecule has 0 amide bonds. The summed E-state index contributed by atoms with van der Waals surface area (Å²) in [4.78, 5) is 5.01. The first-order valence-electron chi connectivity index (χ1n) is 8.01. The summed E-state index contributed by atoms with van der Waals surface area (Å²) in [5.41, 5.74) is 2.58. The minimum Gasteiger partial charge on any atom is -0.508 e. The van der Waals surface area contributed by atoms with Gasteiger partial charge in [0.25, 0.3) is 0 Å². The van der Waals surface area contributed by atoms with Crippen LogP contribution in [0.4, 0.5) is 0 Å². The van der Waals surface area contributed by atoms with E-state index in [0.717, 1.165) is 32.7 Å². The van der Waals surface area contributed by atoms with Gasteiger partial charge in [-0.05, 0) is 30.2 Å². The Bertz CT molecular complexity index is 591. The fourth-order valence-corrected chi connectivity index (χ4v) is 3.15. The van der Waals surface area contributed by atoms with E-state index in [9.17, 15) is 5.11 Å². The summed E-state index contributed by atoms with van der Waals surface area (Å²) in [6.45, 7) is 7.60. The van der Waals surface area contributed by atoms with Crippen molar-refractivity contribution in [1.82, 2.24) is 9.80 Å². The summed E-state index contributed by atoms with van der Waals surface area (Å²) < 4.78 is 0. The molecule has 116 valence electrons. The molecule has 0 saturated carbocycles. The molecule has 1 aliphatic rings. The first kappa shape index (κ1) is 15.1. The number of benzene rings is 2. The average Bonchev–Trinajstić information content (AvgIpc) is 2.56. The molecule has 3 nitrogen and oxygen atoms in total. The summed E-state index contributed by atoms with van der Waals surface area (Å²) in [5, 5.41) is 9.64. The molecule has 0 bridgehead atoms. The fourth-order valence-electron chi connectivity index (χ4n) is 3.15. The van der Waals surface area contributed by atoms with E-state index in [2.05, 4.69) is 53.1 Å². The Morgan fingerprint density at radius 2 is 1.68 bits per heavy atom. The van der Waals surface area contributed by atoms with Crippen molar-refractivity contribution in [2.24, 2.45) is 0 Å². The van der Waals surface area contributed by atoms with Crippen molar-refractivity contribution < 1.29 is 5.11 Å². The van der Waals surface area contributed by atoms with Crippen molar-refractivity contribution in [3.8, 4) is 5.75 Å². The van der Waals surface area contributed by atoms with Gasteiger partial charge in [0.15, 0.2) is 0 Å². The standard InChI is InChI=1S/C19H24N2O/c1-16(18-8-5-9-19(22)14-18)21-12-10-20(11-13-21)15-17-6-3-2-4-7-17/h2-9,14,16,22H,10-13,15H2,1H3/t16-/m0/s1. The van der Waals surface area contributed by atoms with E-state index >= 15 is 0 Å². The number of aromatic hydroxyl groups is 1. The van der Waals surface area contributed by atoms with Gasteiger partial charge >= 0.3 is 0 Å². The average molecular weight is 296 g/mol. The molecule has 3 heteroatoms. The maximum atomic E-state index is 9.64. The van der Waals surface area contributed by atoms with Crippen molar-refractivity contribution in [3.05, 3.63) is 65.7 Å². The number of hydrogen-bond donors (Lipinski definition) is 1. The van der Waals surface area contributed by atoms with Crippen LogP contribution in [0.15, 0.2) is 54.6 Å². The smallest absolute Gasteiger partial charge is 0.115 e. The summed E-state index contributed by atoms with van der Waals surface area (Å²) in [5.74, 6) is 0.354. The molecule has 0 aromatic heterocycles. The van der Waals surface area contributed by atoms with Crippen LogP contribution in [0, 0.1) is 0 Å². The predicted octanol–water partition coefficient (Wildman–Crippen LogP) is 3.27. The predicted molar refractivity (Wildman–Crippen MR) is 89.8 cm³/mol. The molecule has 1 aliphatic heterocycles. The van der Waals surface area contributed by atoms with Crippen LogP contribution in [0.5, 0.6) is 5.75 Å². The fraction of sp³-hybridized carbons (Fsp3) is 0.368. The van der Waals surface area contributed by atoms with Crippen LogP contribution >= 0.6 is 0 Å². The first-order valence-corrected chi connectivity index (χ1v) is 8.01. The summed E-state index contributed by atoms with van der Waals surface area (Å²) in [6, 6.07) is 18.7. The largest absolute Gasteiger partial charge is 0.508 e. The van der Waals surface area contributed by atoms with Crippen molar-refractivity contribution in [2.75, 3.05) is 26.2 Å². The SMILES string of the molecule is C[C@@H](c1cccc(O)c1)N1CCN(Cc2ccccc2)CC1. The number of rotatable bonds is 4. The normalized spacial score (nSPS) is 18.2. The zero-order valence-corrected chi connectivity index (χ0v) is 13.2. The van der Waals surface area contributed by atoms with Crippen molar-refractivity contribution in [1.29, 1.82) is 0 Å². The molecular weight excluding hydrogens is 272 g/mol. The highest BCUT2D eigenvalue weighted by atomic mass is 16.3. The third kappa shape index (κ3) is 3.67. The van der Waals surface area contributed by atoms with Gasteiger partial charge in [-0.15, -0.1) is 0 Å². The van der Waals surface area contributed by atoms with Crippen LogP contribution in [0.3, 0.4) is 0 Å². The number of hydrogen-bond acceptors (Lipinski definition) is 3. The number of piperazine rings is 1. The second-order valence-corrected chi connectivity index (χ2v) is 6.07. The van der Waals surface area contributed by atoms with E-state index in [1.54, 1.807) is 6.07 Å². The molecule has 0 radical (unpaired) electrons. The van der Waals surface area contributed by atoms with E-state index in [0.29, 0.717) is 11.8 Å². The molecule has 2 aromatic carbocycles. The Labute approximate surface area is 132 Å². The molecule has 0 spiro atoms. The molecule has 0 aliphatic carbocycles. The highest BCUT2D eigenvalue weighted by Gasteiger charge is 2.22. The molecule has 1 saturated heterocycles. The monoisotopic (exact) mass is 296 g/mol. The van der Waals surface area contributed by atoms with E-state index in [1.165, 1.54) is 11.1 Å². The molecule has 0 unspecified atom stereocenters.